The number of rotatable bonds is 6. The Kier molecular flexibility index (Phi) is 5.29. The van der Waals surface area contributed by atoms with Gasteiger partial charge < -0.3 is 9.47 Å². The van der Waals surface area contributed by atoms with Crippen molar-refractivity contribution in [2.45, 2.75) is 30.7 Å². The fraction of sp³-hybridized carbons (Fsp3) is 0.316. The lowest BCUT2D eigenvalue weighted by atomic mass is 10.0. The third-order valence-electron chi connectivity index (χ3n) is 4.35. The first-order valence-electron chi connectivity index (χ1n) is 8.30. The number of benzene rings is 2. The van der Waals surface area contributed by atoms with Crippen molar-refractivity contribution in [2.24, 2.45) is 0 Å². The molecular weight excluding hydrogens is 354 g/mol. The van der Waals surface area contributed by atoms with Crippen molar-refractivity contribution in [1.29, 1.82) is 0 Å². The molecular formula is C19H21NO5S. The zero-order valence-electron chi connectivity index (χ0n) is 14.7. The Labute approximate surface area is 153 Å². The summed E-state index contributed by atoms with van der Waals surface area (Å²) in [5, 5.41) is 0. The normalized spacial score (nSPS) is 14.4. The van der Waals surface area contributed by atoms with E-state index >= 15 is 0 Å². The number of hydrogen-bond donors (Lipinski definition) is 1. The Balaban J connectivity index is 1.89. The van der Waals surface area contributed by atoms with E-state index < -0.39 is 22.0 Å². The number of ether oxygens (including phenoxy) is 2. The third-order valence-corrected chi connectivity index (χ3v) is 5.82. The van der Waals surface area contributed by atoms with Crippen LogP contribution in [0.2, 0.25) is 0 Å². The molecule has 2 aromatic rings. The van der Waals surface area contributed by atoms with Gasteiger partial charge in [-0.1, -0.05) is 29.8 Å². The second-order valence-corrected chi connectivity index (χ2v) is 7.95. The van der Waals surface area contributed by atoms with Crippen LogP contribution in [0.1, 0.15) is 29.2 Å². The molecule has 1 N–H and O–H groups in total. The topological polar surface area (TPSA) is 81.7 Å². The Morgan fingerprint density at radius 3 is 2.65 bits per heavy atom. The Bertz CT molecular complexity index is 906. The van der Waals surface area contributed by atoms with E-state index in [4.69, 9.17) is 9.47 Å². The molecule has 0 amide bonds. The van der Waals surface area contributed by atoms with E-state index in [0.717, 1.165) is 11.1 Å². The van der Waals surface area contributed by atoms with E-state index in [-0.39, 0.29) is 11.3 Å². The standard InChI is InChI=1S/C19H21NO5S/c1-13-3-5-14(6-4-13)17(12-19(21)24-2)20-26(22,23)16-7-8-18-15(11-16)9-10-25-18/h3-8,11,17,20H,9-10,12H2,1-2H3/t17-/m0/s1. The minimum atomic E-state index is -3.81. The number of sulfonamides is 1. The van der Waals surface area contributed by atoms with Crippen molar-refractivity contribution < 1.29 is 22.7 Å². The summed E-state index contributed by atoms with van der Waals surface area (Å²) < 4.78 is 38.5. The van der Waals surface area contributed by atoms with Crippen molar-refractivity contribution in [2.75, 3.05) is 13.7 Å². The van der Waals surface area contributed by atoms with Gasteiger partial charge in [-0.05, 0) is 36.2 Å². The van der Waals surface area contributed by atoms with Crippen molar-refractivity contribution in [3.63, 3.8) is 0 Å². The number of fused-ring (bicyclic) bond motifs is 1. The average molecular weight is 375 g/mol. The second kappa shape index (κ2) is 7.47. The van der Waals surface area contributed by atoms with E-state index in [2.05, 4.69) is 4.72 Å². The van der Waals surface area contributed by atoms with Gasteiger partial charge in [-0.2, -0.15) is 0 Å². The van der Waals surface area contributed by atoms with Crippen LogP contribution in [0.4, 0.5) is 0 Å². The number of carbonyl (C=O) groups is 1. The number of methoxy groups -OCH3 is 1. The van der Waals surface area contributed by atoms with Crippen LogP contribution in [0.5, 0.6) is 5.75 Å². The molecule has 0 aromatic heterocycles. The molecule has 3 rings (SSSR count). The molecule has 0 bridgehead atoms. The highest BCUT2D eigenvalue weighted by Crippen LogP contribution is 2.28. The van der Waals surface area contributed by atoms with Gasteiger partial charge in [0, 0.05) is 6.42 Å². The third kappa shape index (κ3) is 4.05. The molecule has 0 spiro atoms. The summed E-state index contributed by atoms with van der Waals surface area (Å²) in [5.74, 6) is 0.231. The highest BCUT2D eigenvalue weighted by atomic mass is 32.2. The molecule has 0 fully saturated rings. The van der Waals surface area contributed by atoms with Crippen LogP contribution in [0.3, 0.4) is 0 Å². The van der Waals surface area contributed by atoms with Gasteiger partial charge in [0.1, 0.15) is 5.75 Å². The summed E-state index contributed by atoms with van der Waals surface area (Å²) in [6, 6.07) is 11.5. The van der Waals surface area contributed by atoms with Crippen molar-refractivity contribution >= 4 is 16.0 Å². The van der Waals surface area contributed by atoms with Crippen molar-refractivity contribution in [3.05, 3.63) is 59.2 Å². The summed E-state index contributed by atoms with van der Waals surface area (Å²) >= 11 is 0. The van der Waals surface area contributed by atoms with Gasteiger partial charge in [0.25, 0.3) is 0 Å². The lowest BCUT2D eigenvalue weighted by molar-refractivity contribution is -0.141. The zero-order chi connectivity index (χ0) is 18.7. The van der Waals surface area contributed by atoms with Gasteiger partial charge in [-0.15, -0.1) is 0 Å². The Morgan fingerprint density at radius 2 is 1.96 bits per heavy atom. The quantitative estimate of drug-likeness (QED) is 0.785. The minimum absolute atomic E-state index is 0.0904. The molecule has 138 valence electrons. The average Bonchev–Trinajstić information content (AvgIpc) is 3.09. The first-order chi connectivity index (χ1) is 12.4. The maximum atomic E-state index is 12.8. The molecule has 2 aromatic carbocycles. The first kappa shape index (κ1) is 18.4. The van der Waals surface area contributed by atoms with E-state index in [1.807, 2.05) is 31.2 Å². The lowest BCUT2D eigenvalue weighted by Gasteiger charge is -2.19. The summed E-state index contributed by atoms with van der Waals surface area (Å²) in [6.45, 7) is 2.50. The van der Waals surface area contributed by atoms with Crippen molar-refractivity contribution in [3.8, 4) is 5.75 Å². The molecule has 0 saturated carbocycles. The molecule has 1 heterocycles. The van der Waals surface area contributed by atoms with Gasteiger partial charge >= 0.3 is 5.97 Å². The predicted molar refractivity (Wildman–Crippen MR) is 96.5 cm³/mol. The number of aryl methyl sites for hydroxylation is 1. The smallest absolute Gasteiger partial charge is 0.307 e. The van der Waals surface area contributed by atoms with Crippen LogP contribution >= 0.6 is 0 Å². The molecule has 6 nitrogen and oxygen atoms in total. The molecule has 26 heavy (non-hydrogen) atoms. The summed E-state index contributed by atoms with van der Waals surface area (Å²) in [5.41, 5.74) is 2.62. The van der Waals surface area contributed by atoms with Gasteiger partial charge in [0.05, 0.1) is 31.1 Å². The fourth-order valence-electron chi connectivity index (χ4n) is 2.86. The van der Waals surface area contributed by atoms with E-state index in [1.165, 1.54) is 13.2 Å². The van der Waals surface area contributed by atoms with Crippen LogP contribution < -0.4 is 9.46 Å². The van der Waals surface area contributed by atoms with E-state index in [1.54, 1.807) is 12.1 Å². The van der Waals surface area contributed by atoms with Gasteiger partial charge in [0.2, 0.25) is 10.0 Å². The molecule has 1 aliphatic heterocycles. The van der Waals surface area contributed by atoms with Crippen LogP contribution in [-0.4, -0.2) is 28.1 Å². The van der Waals surface area contributed by atoms with Crippen LogP contribution in [-0.2, 0) is 26.0 Å². The first-order valence-corrected chi connectivity index (χ1v) is 9.79. The molecule has 0 radical (unpaired) electrons. The highest BCUT2D eigenvalue weighted by Gasteiger charge is 2.25. The monoisotopic (exact) mass is 375 g/mol. The van der Waals surface area contributed by atoms with Crippen LogP contribution in [0.15, 0.2) is 47.4 Å². The number of carbonyl (C=O) groups excluding carboxylic acids is 1. The molecule has 0 saturated heterocycles. The second-order valence-electron chi connectivity index (χ2n) is 6.23. The maximum absolute atomic E-state index is 12.8. The fourth-order valence-corrected chi connectivity index (χ4v) is 4.14. The van der Waals surface area contributed by atoms with Crippen LogP contribution in [0.25, 0.3) is 0 Å². The number of hydrogen-bond acceptors (Lipinski definition) is 5. The largest absolute Gasteiger partial charge is 0.493 e. The maximum Gasteiger partial charge on any atom is 0.307 e. The van der Waals surface area contributed by atoms with Crippen molar-refractivity contribution in [1.82, 2.24) is 4.72 Å². The summed E-state index contributed by atoms with van der Waals surface area (Å²) in [4.78, 5) is 11.9. The zero-order valence-corrected chi connectivity index (χ0v) is 15.5. The molecule has 0 unspecified atom stereocenters. The highest BCUT2D eigenvalue weighted by molar-refractivity contribution is 7.89. The van der Waals surface area contributed by atoms with E-state index in [9.17, 15) is 13.2 Å². The summed E-state index contributed by atoms with van der Waals surface area (Å²) in [7, 11) is -2.53. The predicted octanol–water partition coefficient (Wildman–Crippen LogP) is 2.51. The van der Waals surface area contributed by atoms with Crippen LogP contribution in [0, 0.1) is 6.92 Å². The summed E-state index contributed by atoms with van der Waals surface area (Å²) in [6.07, 6.45) is 0.592. The van der Waals surface area contributed by atoms with Gasteiger partial charge in [-0.3, -0.25) is 4.79 Å². The molecule has 7 heteroatoms. The SMILES string of the molecule is COC(=O)C[C@H](NS(=O)(=O)c1ccc2c(c1)CCO2)c1ccc(C)cc1. The molecule has 1 atom stereocenters. The molecule has 1 aliphatic rings. The molecule has 0 aliphatic carbocycles. The number of nitrogens with one attached hydrogen (secondary N) is 1. The van der Waals surface area contributed by atoms with Gasteiger partial charge in [-0.25, -0.2) is 13.1 Å². The lowest BCUT2D eigenvalue weighted by Crippen LogP contribution is -2.30. The number of esters is 1. The Hall–Kier alpha value is -2.38. The Morgan fingerprint density at radius 1 is 1.23 bits per heavy atom. The van der Waals surface area contributed by atoms with E-state index in [0.29, 0.717) is 24.3 Å². The minimum Gasteiger partial charge on any atom is -0.493 e. The van der Waals surface area contributed by atoms with Gasteiger partial charge in [0.15, 0.2) is 0 Å².